The first-order valence-electron chi connectivity index (χ1n) is 14.5. The van der Waals surface area contributed by atoms with E-state index >= 15 is 0 Å². The predicted octanol–water partition coefficient (Wildman–Crippen LogP) is 4.81. The summed E-state index contributed by atoms with van der Waals surface area (Å²) in [6.07, 6.45) is 1.67. The lowest BCUT2D eigenvalue weighted by atomic mass is 9.84. The number of carbonyl (C=O) groups excluding carboxylic acids is 1. The van der Waals surface area contributed by atoms with Gasteiger partial charge in [0.05, 0.1) is 24.8 Å². The fourth-order valence-corrected chi connectivity index (χ4v) is 6.66. The molecule has 6 nitrogen and oxygen atoms in total. The van der Waals surface area contributed by atoms with Crippen LogP contribution in [0.5, 0.6) is 0 Å². The van der Waals surface area contributed by atoms with Crippen LogP contribution in [0.1, 0.15) is 46.7 Å². The standard InChI is InChI=1S/C33H39ClN4O2/c1-36-16-18-37(19-17-36)23-25-6-4-8-26(20-25)32(27-9-5-10-29(34)21-27)35-22-31(39)38-14-12-33(13-15-38)30-11-3-2-7-28(30)24-40-33/h2-11,20-21,32,35H,12-19,22-24H2,1H3. The van der Waals surface area contributed by atoms with Crippen LogP contribution in [0.25, 0.3) is 0 Å². The minimum absolute atomic E-state index is 0.127. The summed E-state index contributed by atoms with van der Waals surface area (Å²) in [5.41, 5.74) is 5.84. The summed E-state index contributed by atoms with van der Waals surface area (Å²) in [6, 6.07) is 25.1. The highest BCUT2D eigenvalue weighted by molar-refractivity contribution is 6.30. The Morgan fingerprint density at radius 1 is 0.925 bits per heavy atom. The van der Waals surface area contributed by atoms with Gasteiger partial charge in [0.1, 0.15) is 0 Å². The number of halogens is 1. The molecule has 3 heterocycles. The van der Waals surface area contributed by atoms with Crippen molar-refractivity contribution in [1.82, 2.24) is 20.0 Å². The van der Waals surface area contributed by atoms with Crippen LogP contribution < -0.4 is 5.32 Å². The van der Waals surface area contributed by atoms with Crippen LogP contribution in [-0.2, 0) is 28.3 Å². The van der Waals surface area contributed by atoms with Gasteiger partial charge in [-0.1, -0.05) is 72.3 Å². The van der Waals surface area contributed by atoms with Crippen LogP contribution in [0.2, 0.25) is 5.02 Å². The zero-order valence-electron chi connectivity index (χ0n) is 23.3. The zero-order chi connectivity index (χ0) is 27.5. The topological polar surface area (TPSA) is 48.0 Å². The van der Waals surface area contributed by atoms with Crippen LogP contribution in [0.15, 0.2) is 72.8 Å². The lowest BCUT2D eigenvalue weighted by Gasteiger charge is -2.39. The van der Waals surface area contributed by atoms with Gasteiger partial charge in [-0.15, -0.1) is 0 Å². The third-order valence-corrected chi connectivity index (χ3v) is 9.10. The second kappa shape index (κ2) is 12.0. The number of hydrogen-bond acceptors (Lipinski definition) is 5. The van der Waals surface area contributed by atoms with E-state index in [1.807, 2.05) is 23.1 Å². The quantitative estimate of drug-likeness (QED) is 0.451. The molecule has 0 aromatic heterocycles. The highest BCUT2D eigenvalue weighted by Gasteiger charge is 2.43. The van der Waals surface area contributed by atoms with Gasteiger partial charge in [0.2, 0.25) is 5.91 Å². The van der Waals surface area contributed by atoms with E-state index in [-0.39, 0.29) is 24.1 Å². The molecular formula is C33H39ClN4O2. The molecule has 3 aliphatic rings. The first-order chi connectivity index (χ1) is 19.5. The Balaban J connectivity index is 1.13. The van der Waals surface area contributed by atoms with E-state index in [1.165, 1.54) is 16.7 Å². The van der Waals surface area contributed by atoms with E-state index in [4.69, 9.17) is 16.3 Å². The number of carbonyl (C=O) groups is 1. The van der Waals surface area contributed by atoms with E-state index in [9.17, 15) is 4.79 Å². The number of amides is 1. The van der Waals surface area contributed by atoms with Crippen molar-refractivity contribution in [3.05, 3.63) is 106 Å². The van der Waals surface area contributed by atoms with Crippen LogP contribution in [0.3, 0.4) is 0 Å². The maximum atomic E-state index is 13.4. The number of hydrogen-bond donors (Lipinski definition) is 1. The molecule has 2 fully saturated rings. The second-order valence-electron chi connectivity index (χ2n) is 11.5. The van der Waals surface area contributed by atoms with Crippen molar-refractivity contribution in [2.24, 2.45) is 0 Å². The summed E-state index contributed by atoms with van der Waals surface area (Å²) < 4.78 is 6.30. The largest absolute Gasteiger partial charge is 0.365 e. The van der Waals surface area contributed by atoms with Gasteiger partial charge >= 0.3 is 0 Å². The van der Waals surface area contributed by atoms with E-state index in [0.29, 0.717) is 24.7 Å². The number of nitrogens with one attached hydrogen (secondary N) is 1. The van der Waals surface area contributed by atoms with Gasteiger partial charge < -0.3 is 14.5 Å². The summed E-state index contributed by atoms with van der Waals surface area (Å²) in [5, 5.41) is 4.29. The summed E-state index contributed by atoms with van der Waals surface area (Å²) in [5.74, 6) is 0.127. The van der Waals surface area contributed by atoms with Gasteiger partial charge in [-0.05, 0) is 59.8 Å². The first kappa shape index (κ1) is 27.4. The molecule has 0 saturated carbocycles. The van der Waals surface area contributed by atoms with Gasteiger partial charge in [-0.25, -0.2) is 0 Å². The Labute approximate surface area is 242 Å². The number of fused-ring (bicyclic) bond motifs is 2. The van der Waals surface area contributed by atoms with Crippen LogP contribution in [0.4, 0.5) is 0 Å². The van der Waals surface area contributed by atoms with Gasteiger partial charge in [-0.3, -0.25) is 15.0 Å². The summed E-state index contributed by atoms with van der Waals surface area (Å²) >= 11 is 6.40. The Morgan fingerprint density at radius 3 is 2.42 bits per heavy atom. The van der Waals surface area contributed by atoms with Crippen molar-refractivity contribution >= 4 is 17.5 Å². The molecule has 1 amide bonds. The van der Waals surface area contributed by atoms with Crippen molar-refractivity contribution < 1.29 is 9.53 Å². The minimum atomic E-state index is -0.242. The molecule has 1 atom stereocenters. The molecule has 0 radical (unpaired) electrons. The minimum Gasteiger partial charge on any atom is -0.365 e. The zero-order valence-corrected chi connectivity index (χ0v) is 24.1. The van der Waals surface area contributed by atoms with E-state index in [1.54, 1.807) is 0 Å². The Morgan fingerprint density at radius 2 is 1.65 bits per heavy atom. The molecule has 1 N–H and O–H groups in total. The monoisotopic (exact) mass is 558 g/mol. The molecule has 2 saturated heterocycles. The fraction of sp³-hybridized carbons (Fsp3) is 0.424. The van der Waals surface area contributed by atoms with Crippen molar-refractivity contribution in [2.45, 2.75) is 37.6 Å². The third-order valence-electron chi connectivity index (χ3n) is 8.86. The molecule has 7 heteroatoms. The Kier molecular flexibility index (Phi) is 8.24. The molecule has 0 aliphatic carbocycles. The van der Waals surface area contributed by atoms with Crippen molar-refractivity contribution in [3.8, 4) is 0 Å². The van der Waals surface area contributed by atoms with Crippen LogP contribution in [-0.4, -0.2) is 73.5 Å². The van der Waals surface area contributed by atoms with E-state index in [0.717, 1.165) is 56.7 Å². The first-order valence-corrected chi connectivity index (χ1v) is 14.9. The number of piperidine rings is 1. The number of nitrogens with zero attached hydrogens (tertiary/aromatic N) is 3. The fourth-order valence-electron chi connectivity index (χ4n) is 6.47. The number of likely N-dealkylation sites (N-methyl/N-ethyl adjacent to an activating group) is 1. The number of piperazine rings is 1. The molecule has 3 aromatic rings. The lowest BCUT2D eigenvalue weighted by Crippen LogP contribution is -2.48. The van der Waals surface area contributed by atoms with E-state index in [2.05, 4.69) is 76.8 Å². The highest BCUT2D eigenvalue weighted by Crippen LogP contribution is 2.44. The molecule has 1 spiro atoms. The predicted molar refractivity (Wildman–Crippen MR) is 159 cm³/mol. The van der Waals surface area contributed by atoms with Gasteiger partial charge in [0.15, 0.2) is 0 Å². The molecule has 40 heavy (non-hydrogen) atoms. The SMILES string of the molecule is CN1CCN(Cc2cccc(C(NCC(=O)N3CCC4(CC3)OCc3ccccc34)c3cccc(Cl)c3)c2)CC1. The normalized spacial score (nSPS) is 20.0. The third kappa shape index (κ3) is 5.97. The Bertz CT molecular complexity index is 1330. The molecule has 1 unspecified atom stereocenters. The molecular weight excluding hydrogens is 520 g/mol. The van der Waals surface area contributed by atoms with Gasteiger partial charge in [-0.2, -0.15) is 0 Å². The number of likely N-dealkylation sites (tertiary alicyclic amines) is 1. The van der Waals surface area contributed by atoms with E-state index < -0.39 is 0 Å². The molecule has 3 aliphatic heterocycles. The molecule has 6 rings (SSSR count). The summed E-state index contributed by atoms with van der Waals surface area (Å²) in [6.45, 7) is 7.65. The number of rotatable bonds is 7. The van der Waals surface area contributed by atoms with Crippen molar-refractivity contribution in [2.75, 3.05) is 52.9 Å². The summed E-state index contributed by atoms with van der Waals surface area (Å²) in [7, 11) is 2.18. The molecule has 210 valence electrons. The van der Waals surface area contributed by atoms with Crippen molar-refractivity contribution in [1.29, 1.82) is 0 Å². The van der Waals surface area contributed by atoms with Crippen molar-refractivity contribution in [3.63, 3.8) is 0 Å². The second-order valence-corrected chi connectivity index (χ2v) is 12.0. The Hall–Kier alpha value is -2.74. The maximum absolute atomic E-state index is 13.4. The molecule has 0 bridgehead atoms. The van der Waals surface area contributed by atoms with Crippen LogP contribution in [0, 0.1) is 0 Å². The van der Waals surface area contributed by atoms with Gasteiger partial charge in [0, 0.05) is 50.8 Å². The van der Waals surface area contributed by atoms with Gasteiger partial charge in [0.25, 0.3) is 0 Å². The lowest BCUT2D eigenvalue weighted by molar-refractivity contribution is -0.137. The molecule has 3 aromatic carbocycles. The van der Waals surface area contributed by atoms with Crippen LogP contribution >= 0.6 is 11.6 Å². The highest BCUT2D eigenvalue weighted by atomic mass is 35.5. The smallest absolute Gasteiger partial charge is 0.236 e. The average Bonchev–Trinajstić information content (AvgIpc) is 3.33. The number of benzene rings is 3. The average molecular weight is 559 g/mol. The summed E-state index contributed by atoms with van der Waals surface area (Å²) in [4.78, 5) is 20.3. The maximum Gasteiger partial charge on any atom is 0.236 e. The number of ether oxygens (including phenoxy) is 1.